The fourth-order valence-electron chi connectivity index (χ4n) is 3.89. The summed E-state index contributed by atoms with van der Waals surface area (Å²) in [5.74, 6) is 0.579. The predicted octanol–water partition coefficient (Wildman–Crippen LogP) is 4.04. The molecular formula is C19H33BN2. The molecule has 2 nitrogen and oxygen atoms in total. The molecule has 1 aliphatic heterocycles. The molecule has 1 aromatic rings. The standard InChI is InChI=1S/C19H33BN2/c1-7-12-18(2,3)17-15(13-19(4,5)22(6)20)14-10-8-9-11-16(14)21-17/h8-11,15,17,21H,7,12-13,20H2,1-6H3. The van der Waals surface area contributed by atoms with Crippen molar-refractivity contribution in [3.63, 3.8) is 0 Å². The number of fused-ring (bicyclic) bond motifs is 1. The van der Waals surface area contributed by atoms with E-state index in [1.165, 1.54) is 30.5 Å². The van der Waals surface area contributed by atoms with Gasteiger partial charge >= 0.3 is 0 Å². The minimum Gasteiger partial charge on any atom is -0.381 e. The maximum absolute atomic E-state index is 3.85. The maximum atomic E-state index is 3.85. The zero-order chi connectivity index (χ0) is 16.5. The van der Waals surface area contributed by atoms with Gasteiger partial charge in [-0.2, -0.15) is 0 Å². The zero-order valence-corrected chi connectivity index (χ0v) is 15.5. The van der Waals surface area contributed by atoms with Gasteiger partial charge in [0.25, 0.3) is 0 Å². The minimum atomic E-state index is 0.199. The van der Waals surface area contributed by atoms with E-state index in [0.29, 0.717) is 17.4 Å². The Morgan fingerprint density at radius 3 is 2.41 bits per heavy atom. The molecule has 0 saturated heterocycles. The average molecular weight is 300 g/mol. The molecule has 0 saturated carbocycles. The fourth-order valence-corrected chi connectivity index (χ4v) is 3.89. The highest BCUT2D eigenvalue weighted by molar-refractivity contribution is 6.04. The van der Waals surface area contributed by atoms with Crippen LogP contribution in [0.4, 0.5) is 5.69 Å². The topological polar surface area (TPSA) is 15.3 Å². The van der Waals surface area contributed by atoms with Crippen LogP contribution in [-0.4, -0.2) is 31.4 Å². The van der Waals surface area contributed by atoms with E-state index in [0.717, 1.165) is 0 Å². The molecule has 2 atom stereocenters. The first-order valence-electron chi connectivity index (χ1n) is 8.72. The van der Waals surface area contributed by atoms with Crippen molar-refractivity contribution in [1.29, 1.82) is 0 Å². The van der Waals surface area contributed by atoms with Gasteiger partial charge in [0.05, 0.1) is 0 Å². The summed E-state index contributed by atoms with van der Waals surface area (Å²) < 4.78 is 0. The summed E-state index contributed by atoms with van der Waals surface area (Å²) in [4.78, 5) is 2.36. The Morgan fingerprint density at radius 1 is 1.18 bits per heavy atom. The lowest BCUT2D eigenvalue weighted by Gasteiger charge is -2.41. The van der Waals surface area contributed by atoms with Gasteiger partial charge in [-0.1, -0.05) is 45.4 Å². The summed E-state index contributed by atoms with van der Waals surface area (Å²) in [5.41, 5.74) is 3.35. The molecule has 0 spiro atoms. The maximum Gasteiger partial charge on any atom is 0.185 e. The summed E-state index contributed by atoms with van der Waals surface area (Å²) in [5, 5.41) is 3.85. The Morgan fingerprint density at radius 2 is 1.82 bits per heavy atom. The minimum absolute atomic E-state index is 0.199. The van der Waals surface area contributed by atoms with Crippen LogP contribution in [0, 0.1) is 5.41 Å². The number of nitrogens with one attached hydrogen (secondary N) is 1. The molecule has 122 valence electrons. The number of para-hydroxylation sites is 1. The van der Waals surface area contributed by atoms with Crippen LogP contribution in [0.1, 0.15) is 65.4 Å². The lowest BCUT2D eigenvalue weighted by molar-refractivity contribution is 0.192. The normalized spacial score (nSPS) is 21.8. The molecule has 1 aromatic carbocycles. The number of hydrogen-bond donors (Lipinski definition) is 1. The summed E-state index contributed by atoms with van der Waals surface area (Å²) in [6.45, 7) is 11.9. The van der Waals surface area contributed by atoms with Crippen LogP contribution in [0.15, 0.2) is 24.3 Å². The lowest BCUT2D eigenvalue weighted by Crippen LogP contribution is -2.45. The number of benzene rings is 1. The van der Waals surface area contributed by atoms with E-state index in [4.69, 9.17) is 0 Å². The monoisotopic (exact) mass is 300 g/mol. The zero-order valence-electron chi connectivity index (χ0n) is 15.5. The molecule has 0 fully saturated rings. The van der Waals surface area contributed by atoms with Crippen molar-refractivity contribution in [2.24, 2.45) is 5.41 Å². The fraction of sp³-hybridized carbons (Fsp3) is 0.684. The van der Waals surface area contributed by atoms with E-state index in [1.54, 1.807) is 0 Å². The second-order valence-corrected chi connectivity index (χ2v) is 8.47. The third kappa shape index (κ3) is 3.35. The second-order valence-electron chi connectivity index (χ2n) is 8.47. The van der Waals surface area contributed by atoms with E-state index < -0.39 is 0 Å². The van der Waals surface area contributed by atoms with Crippen LogP contribution in [0.3, 0.4) is 0 Å². The van der Waals surface area contributed by atoms with Crippen LogP contribution < -0.4 is 5.32 Å². The van der Waals surface area contributed by atoms with Gasteiger partial charge in [-0.25, -0.2) is 0 Å². The number of hydrogen-bond acceptors (Lipinski definition) is 2. The van der Waals surface area contributed by atoms with Gasteiger partial charge in [0.2, 0.25) is 0 Å². The van der Waals surface area contributed by atoms with Gasteiger partial charge in [-0.15, -0.1) is 0 Å². The first-order chi connectivity index (χ1) is 10.2. The first-order valence-corrected chi connectivity index (χ1v) is 8.72. The van der Waals surface area contributed by atoms with Gasteiger partial charge in [0.15, 0.2) is 7.98 Å². The van der Waals surface area contributed by atoms with Crippen molar-refractivity contribution in [1.82, 2.24) is 4.81 Å². The van der Waals surface area contributed by atoms with Gasteiger partial charge < -0.3 is 10.1 Å². The molecule has 1 heterocycles. The molecule has 1 N–H and O–H groups in total. The Balaban J connectivity index is 2.35. The van der Waals surface area contributed by atoms with Crippen LogP contribution in [0.2, 0.25) is 0 Å². The third-order valence-electron chi connectivity index (χ3n) is 5.74. The van der Waals surface area contributed by atoms with E-state index in [-0.39, 0.29) is 5.54 Å². The number of anilines is 1. The van der Waals surface area contributed by atoms with Crippen LogP contribution in [-0.2, 0) is 0 Å². The molecule has 0 bridgehead atoms. The van der Waals surface area contributed by atoms with Crippen molar-refractivity contribution in [3.8, 4) is 0 Å². The van der Waals surface area contributed by atoms with Gasteiger partial charge in [-0.3, -0.25) is 0 Å². The van der Waals surface area contributed by atoms with Crippen LogP contribution in [0.25, 0.3) is 0 Å². The molecule has 2 rings (SSSR count). The molecule has 2 unspecified atom stereocenters. The van der Waals surface area contributed by atoms with Crippen LogP contribution >= 0.6 is 0 Å². The molecule has 0 aliphatic carbocycles. The molecule has 0 radical (unpaired) electrons. The molecule has 0 aromatic heterocycles. The Bertz CT molecular complexity index is 508. The number of rotatable bonds is 6. The molecule has 3 heteroatoms. The summed E-state index contributed by atoms with van der Waals surface area (Å²) in [6.07, 6.45) is 3.69. The Kier molecular flexibility index (Phi) is 4.96. The van der Waals surface area contributed by atoms with Crippen molar-refractivity contribution < 1.29 is 0 Å². The molecule has 0 amide bonds. The Hall–Kier alpha value is -0.955. The summed E-state index contributed by atoms with van der Waals surface area (Å²) in [7, 11) is 4.39. The SMILES string of the molecule is BN(C)C(C)(C)CC1c2ccccc2NC1C(C)(C)CCC. The quantitative estimate of drug-likeness (QED) is 0.798. The molecular weight excluding hydrogens is 267 g/mol. The highest BCUT2D eigenvalue weighted by atomic mass is 15.1. The van der Waals surface area contributed by atoms with Crippen molar-refractivity contribution >= 4 is 13.7 Å². The predicted molar refractivity (Wildman–Crippen MR) is 100 cm³/mol. The van der Waals surface area contributed by atoms with Crippen molar-refractivity contribution in [2.45, 2.75) is 71.4 Å². The first kappa shape index (κ1) is 17.4. The highest BCUT2D eigenvalue weighted by Gasteiger charge is 2.43. The van der Waals surface area contributed by atoms with Gasteiger partial charge in [0, 0.05) is 23.2 Å². The average Bonchev–Trinajstić information content (AvgIpc) is 2.78. The van der Waals surface area contributed by atoms with Gasteiger partial charge in [0.1, 0.15) is 0 Å². The lowest BCUT2D eigenvalue weighted by atomic mass is 9.70. The molecule has 1 aliphatic rings. The van der Waals surface area contributed by atoms with Crippen LogP contribution in [0.5, 0.6) is 0 Å². The van der Waals surface area contributed by atoms with Gasteiger partial charge in [-0.05, 0) is 50.8 Å². The van der Waals surface area contributed by atoms with E-state index in [9.17, 15) is 0 Å². The van der Waals surface area contributed by atoms with Crippen molar-refractivity contribution in [3.05, 3.63) is 29.8 Å². The number of nitrogens with zero attached hydrogens (tertiary/aromatic N) is 1. The van der Waals surface area contributed by atoms with E-state index in [1.807, 2.05) is 0 Å². The smallest absolute Gasteiger partial charge is 0.185 e. The molecule has 22 heavy (non-hydrogen) atoms. The summed E-state index contributed by atoms with van der Waals surface area (Å²) >= 11 is 0. The second kappa shape index (κ2) is 6.27. The Labute approximate surface area is 138 Å². The largest absolute Gasteiger partial charge is 0.381 e. The highest BCUT2D eigenvalue weighted by Crippen LogP contribution is 2.48. The van der Waals surface area contributed by atoms with E-state index in [2.05, 4.69) is 84.0 Å². The summed E-state index contributed by atoms with van der Waals surface area (Å²) in [6, 6.07) is 9.41. The van der Waals surface area contributed by atoms with Crippen molar-refractivity contribution in [2.75, 3.05) is 12.4 Å². The van der Waals surface area contributed by atoms with E-state index >= 15 is 0 Å². The third-order valence-corrected chi connectivity index (χ3v) is 5.74.